The molecule has 37 heavy (non-hydrogen) atoms. The molecule has 1 aliphatic rings. The topological polar surface area (TPSA) is 99.0 Å². The molecule has 0 saturated heterocycles. The van der Waals surface area contributed by atoms with Crippen LogP contribution in [0, 0.1) is 13.8 Å². The molecule has 11 heteroatoms. The Bertz CT molecular complexity index is 1680. The normalized spacial score (nSPS) is 13.4. The Morgan fingerprint density at radius 1 is 1.16 bits per heavy atom. The lowest BCUT2D eigenvalue weighted by Crippen LogP contribution is -2.36. The maximum absolute atomic E-state index is 13.8. The van der Waals surface area contributed by atoms with Crippen molar-refractivity contribution in [1.82, 2.24) is 44.0 Å². The highest BCUT2D eigenvalue weighted by Gasteiger charge is 2.31. The lowest BCUT2D eigenvalue weighted by atomic mass is 10.0. The van der Waals surface area contributed by atoms with Crippen LogP contribution in [0.25, 0.3) is 17.2 Å². The molecule has 4 aromatic heterocycles. The van der Waals surface area contributed by atoms with Crippen molar-refractivity contribution in [3.05, 3.63) is 81.1 Å². The SMILES string of the molecule is Cc1nc2c(C(=O)N3CCc4c(c(-c5nncn5C)nn4C)C3)cnn2c(C)c1Cc1ccccc1Cl. The van der Waals surface area contributed by atoms with E-state index in [1.54, 1.807) is 17.0 Å². The van der Waals surface area contributed by atoms with Gasteiger partial charge in [-0.15, -0.1) is 10.2 Å². The van der Waals surface area contributed by atoms with Crippen molar-refractivity contribution < 1.29 is 4.79 Å². The maximum atomic E-state index is 13.8. The molecule has 5 heterocycles. The van der Waals surface area contributed by atoms with E-state index in [1.807, 2.05) is 66.4 Å². The number of carbonyl (C=O) groups excluding carboxylic acids is 1. The Kier molecular flexibility index (Phi) is 5.56. The number of aromatic nitrogens is 8. The summed E-state index contributed by atoms with van der Waals surface area (Å²) in [5.74, 6) is 0.583. The third-order valence-corrected chi connectivity index (χ3v) is 7.59. The number of fused-ring (bicyclic) bond motifs is 2. The van der Waals surface area contributed by atoms with Crippen molar-refractivity contribution >= 4 is 23.2 Å². The monoisotopic (exact) mass is 515 g/mol. The largest absolute Gasteiger partial charge is 0.334 e. The minimum atomic E-state index is -0.0985. The first-order valence-electron chi connectivity index (χ1n) is 12.1. The lowest BCUT2D eigenvalue weighted by molar-refractivity contribution is 0.0735. The van der Waals surface area contributed by atoms with Crippen LogP contribution in [0.15, 0.2) is 36.8 Å². The Balaban J connectivity index is 1.34. The summed E-state index contributed by atoms with van der Waals surface area (Å²) in [7, 11) is 3.81. The number of hydrogen-bond donors (Lipinski definition) is 0. The van der Waals surface area contributed by atoms with Gasteiger partial charge in [0, 0.05) is 61.1 Å². The van der Waals surface area contributed by atoms with E-state index >= 15 is 0 Å². The molecule has 0 N–H and O–H groups in total. The molecule has 1 aromatic carbocycles. The van der Waals surface area contributed by atoms with E-state index < -0.39 is 0 Å². The van der Waals surface area contributed by atoms with Gasteiger partial charge in [-0.25, -0.2) is 9.50 Å². The van der Waals surface area contributed by atoms with Gasteiger partial charge in [-0.3, -0.25) is 9.48 Å². The Hall–Kier alpha value is -4.05. The van der Waals surface area contributed by atoms with Crippen LogP contribution in [0.4, 0.5) is 0 Å². The summed E-state index contributed by atoms with van der Waals surface area (Å²) in [6.07, 6.45) is 4.62. The molecule has 0 radical (unpaired) electrons. The fraction of sp³-hybridized carbons (Fsp3) is 0.308. The molecule has 1 amide bonds. The summed E-state index contributed by atoms with van der Waals surface area (Å²) in [5, 5.41) is 18.2. The Labute approximate surface area is 218 Å². The Morgan fingerprint density at radius 3 is 2.73 bits per heavy atom. The van der Waals surface area contributed by atoms with Crippen LogP contribution in [0.2, 0.25) is 5.02 Å². The maximum Gasteiger partial charge on any atom is 0.259 e. The second-order valence-electron chi connectivity index (χ2n) is 9.46. The van der Waals surface area contributed by atoms with Gasteiger partial charge in [0.15, 0.2) is 11.5 Å². The number of hydrogen-bond acceptors (Lipinski definition) is 6. The highest BCUT2D eigenvalue weighted by molar-refractivity contribution is 6.31. The van der Waals surface area contributed by atoms with Crippen molar-refractivity contribution in [2.75, 3.05) is 6.54 Å². The molecule has 1 aliphatic heterocycles. The third kappa shape index (κ3) is 3.79. The number of amides is 1. The molecule has 0 atom stereocenters. The molecule has 188 valence electrons. The molecule has 0 fully saturated rings. The van der Waals surface area contributed by atoms with Gasteiger partial charge >= 0.3 is 0 Å². The zero-order valence-corrected chi connectivity index (χ0v) is 21.9. The summed E-state index contributed by atoms with van der Waals surface area (Å²) < 4.78 is 5.48. The van der Waals surface area contributed by atoms with E-state index in [2.05, 4.69) is 15.3 Å². The van der Waals surface area contributed by atoms with Crippen LogP contribution in [0.1, 0.15) is 44.1 Å². The van der Waals surface area contributed by atoms with Crippen molar-refractivity contribution in [3.8, 4) is 11.5 Å². The summed E-state index contributed by atoms with van der Waals surface area (Å²) >= 11 is 6.41. The molecular weight excluding hydrogens is 490 g/mol. The van der Waals surface area contributed by atoms with Gasteiger partial charge < -0.3 is 9.47 Å². The first-order chi connectivity index (χ1) is 17.8. The van der Waals surface area contributed by atoms with Gasteiger partial charge in [0.2, 0.25) is 0 Å². The smallest absolute Gasteiger partial charge is 0.259 e. The van der Waals surface area contributed by atoms with Crippen LogP contribution in [-0.2, 0) is 33.5 Å². The van der Waals surface area contributed by atoms with Gasteiger partial charge in [-0.2, -0.15) is 10.2 Å². The molecule has 0 saturated carbocycles. The van der Waals surface area contributed by atoms with Gasteiger partial charge in [0.1, 0.15) is 17.6 Å². The number of benzene rings is 1. The van der Waals surface area contributed by atoms with Gasteiger partial charge in [0.25, 0.3) is 5.91 Å². The molecule has 0 bridgehead atoms. The molecule has 5 aromatic rings. The van der Waals surface area contributed by atoms with Crippen molar-refractivity contribution in [3.63, 3.8) is 0 Å². The van der Waals surface area contributed by atoms with Gasteiger partial charge in [-0.05, 0) is 31.0 Å². The van der Waals surface area contributed by atoms with Crippen LogP contribution in [0.3, 0.4) is 0 Å². The number of rotatable bonds is 4. The van der Waals surface area contributed by atoms with E-state index in [9.17, 15) is 4.79 Å². The second-order valence-corrected chi connectivity index (χ2v) is 9.87. The third-order valence-electron chi connectivity index (χ3n) is 7.22. The zero-order chi connectivity index (χ0) is 25.8. The summed E-state index contributed by atoms with van der Waals surface area (Å²) in [6.45, 7) is 5.00. The van der Waals surface area contributed by atoms with E-state index in [1.165, 1.54) is 0 Å². The van der Waals surface area contributed by atoms with E-state index in [4.69, 9.17) is 21.7 Å². The number of halogens is 1. The number of nitrogens with zero attached hydrogens (tertiary/aromatic N) is 9. The van der Waals surface area contributed by atoms with E-state index in [0.717, 1.165) is 44.5 Å². The highest BCUT2D eigenvalue weighted by Crippen LogP contribution is 2.30. The summed E-state index contributed by atoms with van der Waals surface area (Å²) in [5.41, 5.74) is 7.79. The fourth-order valence-electron chi connectivity index (χ4n) is 5.16. The minimum Gasteiger partial charge on any atom is -0.334 e. The van der Waals surface area contributed by atoms with E-state index in [0.29, 0.717) is 43.0 Å². The van der Waals surface area contributed by atoms with Crippen molar-refractivity contribution in [1.29, 1.82) is 0 Å². The lowest BCUT2D eigenvalue weighted by Gasteiger charge is -2.27. The molecule has 0 spiro atoms. The van der Waals surface area contributed by atoms with Crippen LogP contribution in [0.5, 0.6) is 0 Å². The first-order valence-corrected chi connectivity index (χ1v) is 12.5. The number of carbonyl (C=O) groups is 1. The molecule has 0 aliphatic carbocycles. The zero-order valence-electron chi connectivity index (χ0n) is 21.1. The Morgan fingerprint density at radius 2 is 1.97 bits per heavy atom. The fourth-order valence-corrected chi connectivity index (χ4v) is 5.37. The van der Waals surface area contributed by atoms with Gasteiger partial charge in [0.05, 0.1) is 12.7 Å². The number of aryl methyl sites for hydroxylation is 4. The van der Waals surface area contributed by atoms with Crippen LogP contribution < -0.4 is 0 Å². The highest BCUT2D eigenvalue weighted by atomic mass is 35.5. The predicted molar refractivity (Wildman–Crippen MR) is 138 cm³/mol. The first kappa shape index (κ1) is 23.4. The van der Waals surface area contributed by atoms with Crippen LogP contribution in [-0.4, -0.2) is 56.5 Å². The van der Waals surface area contributed by atoms with Crippen LogP contribution >= 0.6 is 11.6 Å². The molecular formula is C26H26ClN9O. The predicted octanol–water partition coefficient (Wildman–Crippen LogP) is 3.32. The molecule has 0 unspecified atom stereocenters. The average molecular weight is 516 g/mol. The van der Waals surface area contributed by atoms with Crippen molar-refractivity contribution in [2.45, 2.75) is 33.2 Å². The molecule has 6 rings (SSSR count). The minimum absolute atomic E-state index is 0.0985. The second kappa shape index (κ2) is 8.81. The van der Waals surface area contributed by atoms with Gasteiger partial charge in [-0.1, -0.05) is 29.8 Å². The van der Waals surface area contributed by atoms with Crippen molar-refractivity contribution in [2.24, 2.45) is 14.1 Å². The quantitative estimate of drug-likeness (QED) is 0.364. The molecule has 10 nitrogen and oxygen atoms in total. The summed E-state index contributed by atoms with van der Waals surface area (Å²) in [4.78, 5) is 20.4. The summed E-state index contributed by atoms with van der Waals surface area (Å²) in [6, 6.07) is 7.80. The average Bonchev–Trinajstić information content (AvgIpc) is 3.59. The standard InChI is InChI=1S/C26H26ClN9O/c1-15-18(11-17-7-5-6-8-21(17)27)16(2)36-24(30-15)19(12-29-36)26(37)35-10-9-22-20(13-35)23(32-34(22)4)25-31-28-14-33(25)3/h5-8,12,14H,9-11,13H2,1-4H3. The van der Waals surface area contributed by atoms with E-state index in [-0.39, 0.29) is 5.91 Å².